The summed E-state index contributed by atoms with van der Waals surface area (Å²) < 4.78 is 13.2. The second-order valence-corrected chi connectivity index (χ2v) is 4.43. The second-order valence-electron chi connectivity index (χ2n) is 4.43. The average Bonchev–Trinajstić information content (AvgIpc) is 2.42. The molecule has 0 heterocycles. The highest BCUT2D eigenvalue weighted by molar-refractivity contribution is 6.04. The molecule has 0 aromatic heterocycles. The predicted octanol–water partition coefficient (Wildman–Crippen LogP) is 3.95. The lowest BCUT2D eigenvalue weighted by Gasteiger charge is -2.10. The molecule has 2 rings (SSSR count). The molecule has 0 saturated heterocycles. The van der Waals surface area contributed by atoms with Crippen LogP contribution in [-0.4, -0.2) is 5.91 Å². The van der Waals surface area contributed by atoms with E-state index in [0.717, 1.165) is 17.7 Å². The van der Waals surface area contributed by atoms with Crippen LogP contribution in [0.25, 0.3) is 0 Å². The molecule has 1 amide bonds. The molecule has 0 unspecified atom stereocenters. The monoisotopic (exact) mass is 257 g/mol. The molecular weight excluding hydrogens is 241 g/mol. The first-order chi connectivity index (χ1) is 9.11. The Hall–Kier alpha value is -2.16. The van der Waals surface area contributed by atoms with E-state index in [9.17, 15) is 9.18 Å². The summed E-state index contributed by atoms with van der Waals surface area (Å²) in [5, 5.41) is 2.86. The minimum absolute atomic E-state index is 0.219. The number of benzene rings is 2. The molecule has 19 heavy (non-hydrogen) atoms. The van der Waals surface area contributed by atoms with Crippen molar-refractivity contribution in [3.8, 4) is 0 Å². The highest BCUT2D eigenvalue weighted by Gasteiger charge is 2.09. The van der Waals surface area contributed by atoms with Crippen molar-refractivity contribution in [2.45, 2.75) is 20.3 Å². The minimum Gasteiger partial charge on any atom is -0.322 e. The van der Waals surface area contributed by atoms with E-state index in [1.807, 2.05) is 31.2 Å². The summed E-state index contributed by atoms with van der Waals surface area (Å²) in [4.78, 5) is 12.1. The fraction of sp³-hybridized carbons (Fsp3) is 0.188. The van der Waals surface area contributed by atoms with Crippen molar-refractivity contribution in [3.05, 3.63) is 65.0 Å². The Labute approximate surface area is 112 Å². The first-order valence-corrected chi connectivity index (χ1v) is 6.27. The van der Waals surface area contributed by atoms with Crippen molar-refractivity contribution in [2.24, 2.45) is 0 Å². The van der Waals surface area contributed by atoms with Crippen molar-refractivity contribution in [1.29, 1.82) is 0 Å². The number of nitrogens with one attached hydrogen (secondary N) is 1. The molecule has 0 aliphatic heterocycles. The van der Waals surface area contributed by atoms with Gasteiger partial charge < -0.3 is 5.32 Å². The first-order valence-electron chi connectivity index (χ1n) is 6.27. The van der Waals surface area contributed by atoms with Crippen LogP contribution in [0.4, 0.5) is 10.1 Å². The van der Waals surface area contributed by atoms with E-state index in [2.05, 4.69) is 5.32 Å². The van der Waals surface area contributed by atoms with Gasteiger partial charge in [-0.3, -0.25) is 4.79 Å². The number of carbonyl (C=O) groups excluding carboxylic acids is 1. The zero-order valence-corrected chi connectivity index (χ0v) is 11.0. The summed E-state index contributed by atoms with van der Waals surface area (Å²) in [5.41, 5.74) is 2.81. The van der Waals surface area contributed by atoms with Crippen molar-refractivity contribution in [2.75, 3.05) is 5.32 Å². The maximum Gasteiger partial charge on any atom is 0.255 e. The van der Waals surface area contributed by atoms with E-state index in [-0.39, 0.29) is 11.7 Å². The highest BCUT2D eigenvalue weighted by atomic mass is 19.1. The summed E-state index contributed by atoms with van der Waals surface area (Å²) in [6, 6.07) is 12.0. The van der Waals surface area contributed by atoms with Crippen molar-refractivity contribution in [1.82, 2.24) is 0 Å². The van der Waals surface area contributed by atoms with Gasteiger partial charge in [-0.2, -0.15) is 0 Å². The third kappa shape index (κ3) is 2.99. The van der Waals surface area contributed by atoms with E-state index in [1.165, 1.54) is 12.1 Å². The van der Waals surface area contributed by atoms with Gasteiger partial charge in [-0.25, -0.2) is 4.39 Å². The Bertz CT molecular complexity index is 607. The number of aryl methyl sites for hydroxylation is 2. The second kappa shape index (κ2) is 5.65. The Balaban J connectivity index is 2.23. The quantitative estimate of drug-likeness (QED) is 0.886. The zero-order chi connectivity index (χ0) is 13.8. The summed E-state index contributed by atoms with van der Waals surface area (Å²) in [7, 11) is 0. The first kappa shape index (κ1) is 13.3. The van der Waals surface area contributed by atoms with Gasteiger partial charge in [0.05, 0.1) is 0 Å². The van der Waals surface area contributed by atoms with Gasteiger partial charge in [-0.15, -0.1) is 0 Å². The normalized spacial score (nSPS) is 10.3. The largest absolute Gasteiger partial charge is 0.322 e. The lowest BCUT2D eigenvalue weighted by atomic mass is 10.1. The van der Waals surface area contributed by atoms with Crippen molar-refractivity contribution < 1.29 is 9.18 Å². The third-order valence-corrected chi connectivity index (χ3v) is 3.07. The zero-order valence-electron chi connectivity index (χ0n) is 11.0. The van der Waals surface area contributed by atoms with Gasteiger partial charge in [-0.05, 0) is 48.7 Å². The topological polar surface area (TPSA) is 29.1 Å². The van der Waals surface area contributed by atoms with E-state index < -0.39 is 0 Å². The molecule has 2 aromatic rings. The lowest BCUT2D eigenvalue weighted by Crippen LogP contribution is -2.13. The van der Waals surface area contributed by atoms with Gasteiger partial charge >= 0.3 is 0 Å². The van der Waals surface area contributed by atoms with Gasteiger partial charge in [0.15, 0.2) is 0 Å². The van der Waals surface area contributed by atoms with Crippen molar-refractivity contribution in [3.63, 3.8) is 0 Å². The number of halogens is 1. The Kier molecular flexibility index (Phi) is 3.95. The maximum atomic E-state index is 13.2. The average molecular weight is 257 g/mol. The Morgan fingerprint density at radius 1 is 1.21 bits per heavy atom. The molecular formula is C16H16FNO. The number of hydrogen-bond acceptors (Lipinski definition) is 1. The molecule has 0 fully saturated rings. The predicted molar refractivity (Wildman–Crippen MR) is 74.9 cm³/mol. The number of para-hydroxylation sites is 1. The van der Waals surface area contributed by atoms with Crippen LogP contribution in [0.15, 0.2) is 42.5 Å². The van der Waals surface area contributed by atoms with E-state index in [0.29, 0.717) is 11.1 Å². The summed E-state index contributed by atoms with van der Waals surface area (Å²) in [5.74, 6) is -0.519. The molecule has 2 aromatic carbocycles. The van der Waals surface area contributed by atoms with Gasteiger partial charge in [0.25, 0.3) is 5.91 Å². The van der Waals surface area contributed by atoms with Gasteiger partial charge in [0.2, 0.25) is 0 Å². The van der Waals surface area contributed by atoms with Crippen LogP contribution in [0.3, 0.4) is 0 Å². The Morgan fingerprint density at radius 3 is 2.63 bits per heavy atom. The molecule has 0 atom stereocenters. The molecule has 0 aliphatic carbocycles. The fourth-order valence-electron chi connectivity index (χ4n) is 1.93. The fourth-order valence-corrected chi connectivity index (χ4v) is 1.93. The van der Waals surface area contributed by atoms with Crippen LogP contribution < -0.4 is 5.32 Å². The smallest absolute Gasteiger partial charge is 0.255 e. The van der Waals surface area contributed by atoms with E-state index >= 15 is 0 Å². The number of rotatable bonds is 3. The van der Waals surface area contributed by atoms with Gasteiger partial charge in [0.1, 0.15) is 5.82 Å². The van der Waals surface area contributed by atoms with Gasteiger partial charge in [0, 0.05) is 11.3 Å². The maximum absolute atomic E-state index is 13.2. The molecule has 0 saturated carbocycles. The summed E-state index contributed by atoms with van der Waals surface area (Å²) >= 11 is 0. The molecule has 2 nitrogen and oxygen atoms in total. The van der Waals surface area contributed by atoms with Crippen LogP contribution in [0.5, 0.6) is 0 Å². The molecule has 0 aliphatic rings. The number of carbonyl (C=O) groups is 1. The molecule has 1 N–H and O–H groups in total. The van der Waals surface area contributed by atoms with Crippen LogP contribution in [-0.2, 0) is 6.42 Å². The number of anilines is 1. The molecule has 0 radical (unpaired) electrons. The third-order valence-electron chi connectivity index (χ3n) is 3.07. The van der Waals surface area contributed by atoms with Crippen LogP contribution >= 0.6 is 0 Å². The van der Waals surface area contributed by atoms with E-state index in [4.69, 9.17) is 0 Å². The van der Waals surface area contributed by atoms with Crippen LogP contribution in [0, 0.1) is 12.7 Å². The molecule has 0 bridgehead atoms. The van der Waals surface area contributed by atoms with E-state index in [1.54, 1.807) is 13.0 Å². The lowest BCUT2D eigenvalue weighted by molar-refractivity contribution is 0.102. The van der Waals surface area contributed by atoms with Crippen LogP contribution in [0.2, 0.25) is 0 Å². The standard InChI is InChI=1S/C16H16FNO/c1-3-12-6-4-5-7-15(12)18-16(19)13-8-9-14(17)11(2)10-13/h4-10H,3H2,1-2H3,(H,18,19). The highest BCUT2D eigenvalue weighted by Crippen LogP contribution is 2.17. The minimum atomic E-state index is -0.300. The Morgan fingerprint density at radius 2 is 1.95 bits per heavy atom. The van der Waals surface area contributed by atoms with Crippen molar-refractivity contribution >= 4 is 11.6 Å². The molecule has 0 spiro atoms. The summed E-state index contributed by atoms with van der Waals surface area (Å²) in [6.45, 7) is 3.68. The molecule has 3 heteroatoms. The van der Waals surface area contributed by atoms with Gasteiger partial charge in [-0.1, -0.05) is 25.1 Å². The van der Waals surface area contributed by atoms with Crippen LogP contribution in [0.1, 0.15) is 28.4 Å². The molecule has 98 valence electrons. The summed E-state index contributed by atoms with van der Waals surface area (Å²) in [6.07, 6.45) is 0.846. The SMILES string of the molecule is CCc1ccccc1NC(=O)c1ccc(F)c(C)c1. The number of amides is 1. The number of hydrogen-bond donors (Lipinski definition) is 1.